The van der Waals surface area contributed by atoms with Gasteiger partial charge >= 0.3 is 5.97 Å². The Labute approximate surface area is 182 Å². The number of aryl methyl sites for hydroxylation is 1. The summed E-state index contributed by atoms with van der Waals surface area (Å²) in [5, 5.41) is 14.4. The van der Waals surface area contributed by atoms with Gasteiger partial charge in [-0.05, 0) is 38.0 Å². The van der Waals surface area contributed by atoms with Crippen LogP contribution in [0.2, 0.25) is 0 Å². The number of benzene rings is 2. The van der Waals surface area contributed by atoms with Crippen molar-refractivity contribution in [3.63, 3.8) is 0 Å². The minimum absolute atomic E-state index is 0.125. The number of ether oxygens (including phenoxy) is 2. The van der Waals surface area contributed by atoms with Crippen LogP contribution in [-0.2, 0) is 20.7 Å². The highest BCUT2D eigenvalue weighted by molar-refractivity contribution is 7.18. The van der Waals surface area contributed by atoms with E-state index in [1.807, 2.05) is 24.3 Å². The molecule has 0 aliphatic heterocycles. The van der Waals surface area contributed by atoms with Crippen LogP contribution in [0.15, 0.2) is 42.5 Å². The quantitative estimate of drug-likeness (QED) is 0.300. The van der Waals surface area contributed by atoms with Crippen molar-refractivity contribution < 1.29 is 24.0 Å². The van der Waals surface area contributed by atoms with Gasteiger partial charge in [0.05, 0.1) is 32.9 Å². The maximum absolute atomic E-state index is 12.4. The van der Waals surface area contributed by atoms with Crippen molar-refractivity contribution >= 4 is 44.8 Å². The van der Waals surface area contributed by atoms with E-state index in [2.05, 4.69) is 10.3 Å². The lowest BCUT2D eigenvalue weighted by Crippen LogP contribution is -2.30. The molecule has 10 heteroatoms. The molecular formula is C21H21N3O6S. The Kier molecular flexibility index (Phi) is 7.14. The van der Waals surface area contributed by atoms with Crippen LogP contribution in [0, 0.1) is 10.1 Å². The number of carbonyl (C=O) groups excluding carboxylic acids is 2. The molecule has 0 saturated carbocycles. The summed E-state index contributed by atoms with van der Waals surface area (Å²) >= 11 is 1.59. The molecule has 2 aromatic carbocycles. The van der Waals surface area contributed by atoms with E-state index in [0.29, 0.717) is 12.8 Å². The number of non-ortho nitro benzene ring substituents is 1. The summed E-state index contributed by atoms with van der Waals surface area (Å²) in [6, 6.07) is 11.7. The van der Waals surface area contributed by atoms with Gasteiger partial charge in [0, 0.05) is 18.6 Å². The summed E-state index contributed by atoms with van der Waals surface area (Å²) in [4.78, 5) is 39.4. The number of thiazole rings is 1. The lowest BCUT2D eigenvalue weighted by atomic mass is 10.2. The zero-order valence-corrected chi connectivity index (χ0v) is 17.8. The molecule has 0 fully saturated rings. The van der Waals surface area contributed by atoms with Crippen LogP contribution < -0.4 is 10.1 Å². The molecule has 3 rings (SSSR count). The topological polar surface area (TPSA) is 121 Å². The Balaban J connectivity index is 1.50. The number of nitrogens with one attached hydrogen (secondary N) is 1. The largest absolute Gasteiger partial charge is 0.495 e. The molecule has 162 valence electrons. The van der Waals surface area contributed by atoms with Gasteiger partial charge < -0.3 is 14.8 Å². The highest BCUT2D eigenvalue weighted by Crippen LogP contribution is 2.29. The molecule has 0 saturated heterocycles. The number of carbonyl (C=O) groups is 2. The average molecular weight is 443 g/mol. The third-order valence-electron chi connectivity index (χ3n) is 4.44. The molecular weight excluding hydrogens is 422 g/mol. The summed E-state index contributed by atoms with van der Waals surface area (Å²) in [6.45, 7) is 1.44. The highest BCUT2D eigenvalue weighted by Gasteiger charge is 2.21. The first-order valence-corrected chi connectivity index (χ1v) is 10.4. The molecule has 0 bridgehead atoms. The fraction of sp³-hybridized carbons (Fsp3) is 0.286. The van der Waals surface area contributed by atoms with Crippen molar-refractivity contribution in [1.29, 1.82) is 0 Å². The van der Waals surface area contributed by atoms with Crippen molar-refractivity contribution in [2.24, 2.45) is 0 Å². The molecule has 0 radical (unpaired) electrons. The number of nitrogens with zero attached hydrogens (tertiary/aromatic N) is 2. The SMILES string of the molecule is COc1ccc([N+](=O)[O-])cc1NC(=O)C(C)OC(=O)CCCc1nc2ccccc2s1. The van der Waals surface area contributed by atoms with Crippen LogP contribution in [0.3, 0.4) is 0 Å². The van der Waals surface area contributed by atoms with Crippen LogP contribution in [0.25, 0.3) is 10.2 Å². The Morgan fingerprint density at radius 2 is 2.03 bits per heavy atom. The zero-order chi connectivity index (χ0) is 22.4. The minimum Gasteiger partial charge on any atom is -0.495 e. The standard InChI is InChI=1S/C21H21N3O6S/c1-13(21(26)23-16-12-14(24(27)28)10-11-17(16)29-2)30-20(25)9-5-8-19-22-15-6-3-4-7-18(15)31-19/h3-4,6-7,10-13H,5,8-9H2,1-2H3,(H,23,26). The van der Waals surface area contributed by atoms with E-state index in [-0.39, 0.29) is 23.5 Å². The van der Waals surface area contributed by atoms with Crippen molar-refractivity contribution in [2.75, 3.05) is 12.4 Å². The summed E-state index contributed by atoms with van der Waals surface area (Å²) in [6.07, 6.45) is 0.262. The van der Waals surface area contributed by atoms with Gasteiger partial charge in [0.2, 0.25) is 0 Å². The predicted molar refractivity (Wildman–Crippen MR) is 116 cm³/mol. The Hall–Kier alpha value is -3.53. The monoisotopic (exact) mass is 443 g/mol. The van der Waals surface area contributed by atoms with E-state index in [1.54, 1.807) is 11.3 Å². The van der Waals surface area contributed by atoms with Gasteiger partial charge in [-0.25, -0.2) is 4.98 Å². The summed E-state index contributed by atoms with van der Waals surface area (Å²) in [7, 11) is 1.38. The molecule has 9 nitrogen and oxygen atoms in total. The van der Waals surface area contributed by atoms with E-state index in [0.717, 1.165) is 15.2 Å². The Bertz CT molecular complexity index is 1080. The fourth-order valence-electron chi connectivity index (χ4n) is 2.86. The van der Waals surface area contributed by atoms with Crippen LogP contribution in [0.5, 0.6) is 5.75 Å². The molecule has 31 heavy (non-hydrogen) atoms. The normalized spacial score (nSPS) is 11.7. The van der Waals surface area contributed by atoms with Crippen LogP contribution in [0.1, 0.15) is 24.8 Å². The lowest BCUT2D eigenvalue weighted by molar-refractivity contribution is -0.384. The van der Waals surface area contributed by atoms with Crippen LogP contribution in [0.4, 0.5) is 11.4 Å². The van der Waals surface area contributed by atoms with E-state index in [1.165, 1.54) is 32.2 Å². The number of esters is 1. The number of methoxy groups -OCH3 is 1. The molecule has 1 unspecified atom stereocenters. The first-order chi connectivity index (χ1) is 14.9. The van der Waals surface area contributed by atoms with E-state index >= 15 is 0 Å². The van der Waals surface area contributed by atoms with Crippen molar-refractivity contribution in [3.05, 3.63) is 57.6 Å². The Morgan fingerprint density at radius 1 is 1.26 bits per heavy atom. The number of nitro benzene ring substituents is 1. The smallest absolute Gasteiger partial charge is 0.306 e. The third-order valence-corrected chi connectivity index (χ3v) is 5.54. The molecule has 1 heterocycles. The minimum atomic E-state index is -1.07. The lowest BCUT2D eigenvalue weighted by Gasteiger charge is -2.15. The molecule has 0 spiro atoms. The number of amides is 1. The summed E-state index contributed by atoms with van der Waals surface area (Å²) < 4.78 is 11.4. The predicted octanol–water partition coefficient (Wildman–Crippen LogP) is 4.11. The molecule has 3 aromatic rings. The second-order valence-electron chi connectivity index (χ2n) is 6.69. The van der Waals surface area contributed by atoms with Gasteiger partial charge in [-0.2, -0.15) is 0 Å². The van der Waals surface area contributed by atoms with E-state index in [9.17, 15) is 19.7 Å². The Morgan fingerprint density at radius 3 is 2.74 bits per heavy atom. The maximum atomic E-state index is 12.4. The van der Waals surface area contributed by atoms with Gasteiger partial charge in [0.25, 0.3) is 11.6 Å². The van der Waals surface area contributed by atoms with Gasteiger partial charge in [-0.15, -0.1) is 11.3 Å². The number of hydrogen-bond acceptors (Lipinski definition) is 8. The molecule has 1 aromatic heterocycles. The number of fused-ring (bicyclic) bond motifs is 1. The van der Waals surface area contributed by atoms with Crippen LogP contribution in [-0.4, -0.2) is 35.0 Å². The van der Waals surface area contributed by atoms with Crippen molar-refractivity contribution in [1.82, 2.24) is 4.98 Å². The van der Waals surface area contributed by atoms with E-state index < -0.39 is 22.9 Å². The van der Waals surface area contributed by atoms with Gasteiger partial charge in [-0.3, -0.25) is 19.7 Å². The first kappa shape index (κ1) is 22.2. The third kappa shape index (κ3) is 5.76. The van der Waals surface area contributed by atoms with Crippen LogP contribution >= 0.6 is 11.3 Å². The fourth-order valence-corrected chi connectivity index (χ4v) is 3.87. The van der Waals surface area contributed by atoms with Crippen molar-refractivity contribution in [2.45, 2.75) is 32.3 Å². The highest BCUT2D eigenvalue weighted by atomic mass is 32.1. The van der Waals surface area contributed by atoms with Crippen molar-refractivity contribution in [3.8, 4) is 5.75 Å². The molecule has 0 aliphatic rings. The average Bonchev–Trinajstić information content (AvgIpc) is 3.16. The van der Waals surface area contributed by atoms with Gasteiger partial charge in [-0.1, -0.05) is 12.1 Å². The van der Waals surface area contributed by atoms with Gasteiger partial charge in [0.15, 0.2) is 6.10 Å². The number of rotatable bonds is 9. The zero-order valence-electron chi connectivity index (χ0n) is 17.0. The number of para-hydroxylation sites is 1. The number of hydrogen-bond donors (Lipinski definition) is 1. The van der Waals surface area contributed by atoms with Gasteiger partial charge in [0.1, 0.15) is 5.75 Å². The molecule has 1 amide bonds. The molecule has 0 aliphatic carbocycles. The summed E-state index contributed by atoms with van der Waals surface area (Å²) in [5.41, 5.74) is 0.864. The molecule has 1 atom stereocenters. The first-order valence-electron chi connectivity index (χ1n) is 9.54. The molecule has 1 N–H and O–H groups in total. The second kappa shape index (κ2) is 9.98. The maximum Gasteiger partial charge on any atom is 0.306 e. The number of anilines is 1. The van der Waals surface area contributed by atoms with E-state index in [4.69, 9.17) is 9.47 Å². The number of aromatic nitrogens is 1. The second-order valence-corrected chi connectivity index (χ2v) is 7.81. The summed E-state index contributed by atoms with van der Waals surface area (Å²) in [5.74, 6) is -0.860. The number of nitro groups is 1.